The topological polar surface area (TPSA) is 49.3 Å². The quantitative estimate of drug-likeness (QED) is 0.878. The zero-order valence-electron chi connectivity index (χ0n) is 11.0. The number of nitrogens with one attached hydrogen (secondary N) is 1. The van der Waals surface area contributed by atoms with Crippen LogP contribution in [0.15, 0.2) is 6.07 Å². The van der Waals surface area contributed by atoms with E-state index < -0.39 is 5.97 Å². The van der Waals surface area contributed by atoms with Crippen molar-refractivity contribution in [2.24, 2.45) is 5.92 Å². The van der Waals surface area contributed by atoms with Gasteiger partial charge in [-0.2, -0.15) is 0 Å². The van der Waals surface area contributed by atoms with Crippen molar-refractivity contribution in [2.45, 2.75) is 52.1 Å². The van der Waals surface area contributed by atoms with Gasteiger partial charge >= 0.3 is 5.97 Å². The highest BCUT2D eigenvalue weighted by Crippen LogP contribution is 2.25. The number of rotatable bonds is 4. The van der Waals surface area contributed by atoms with Gasteiger partial charge in [0.2, 0.25) is 0 Å². The maximum atomic E-state index is 10.9. The molecule has 4 heteroatoms. The molecule has 3 nitrogen and oxygen atoms in total. The molecule has 0 amide bonds. The lowest BCUT2D eigenvalue weighted by Crippen LogP contribution is -2.33. The lowest BCUT2D eigenvalue weighted by atomic mass is 9.87. The van der Waals surface area contributed by atoms with E-state index in [2.05, 4.69) is 12.2 Å². The van der Waals surface area contributed by atoms with Crippen molar-refractivity contribution in [3.8, 4) is 0 Å². The second kappa shape index (κ2) is 5.85. The van der Waals surface area contributed by atoms with Crippen molar-refractivity contribution in [1.82, 2.24) is 5.32 Å². The number of hydrogen-bond acceptors (Lipinski definition) is 3. The lowest BCUT2D eigenvalue weighted by Gasteiger charge is -2.27. The number of carboxylic acids is 1. The first-order chi connectivity index (χ1) is 8.56. The summed E-state index contributed by atoms with van der Waals surface area (Å²) < 4.78 is 0. The van der Waals surface area contributed by atoms with E-state index in [1.807, 2.05) is 13.0 Å². The van der Waals surface area contributed by atoms with Gasteiger partial charge in [0, 0.05) is 17.5 Å². The average Bonchev–Trinajstić information content (AvgIpc) is 2.68. The van der Waals surface area contributed by atoms with Crippen LogP contribution < -0.4 is 5.32 Å². The minimum Gasteiger partial charge on any atom is -0.477 e. The molecule has 2 rings (SSSR count). The third-order valence-corrected chi connectivity index (χ3v) is 4.83. The fourth-order valence-electron chi connectivity index (χ4n) is 2.67. The van der Waals surface area contributed by atoms with Crippen LogP contribution in [-0.4, -0.2) is 17.1 Å². The normalized spacial score (nSPS) is 24.1. The Balaban J connectivity index is 1.91. The van der Waals surface area contributed by atoms with Gasteiger partial charge in [-0.1, -0.05) is 19.8 Å². The number of aromatic carboxylic acids is 1. The monoisotopic (exact) mass is 267 g/mol. The molecule has 1 aromatic heterocycles. The van der Waals surface area contributed by atoms with Gasteiger partial charge in [0.1, 0.15) is 4.88 Å². The zero-order chi connectivity index (χ0) is 13.1. The smallest absolute Gasteiger partial charge is 0.345 e. The summed E-state index contributed by atoms with van der Waals surface area (Å²) in [6.45, 7) is 5.11. The van der Waals surface area contributed by atoms with Crippen LogP contribution in [0.25, 0.3) is 0 Å². The van der Waals surface area contributed by atoms with Gasteiger partial charge in [0.15, 0.2) is 0 Å². The Morgan fingerprint density at radius 3 is 2.94 bits per heavy atom. The second-order valence-corrected chi connectivity index (χ2v) is 6.60. The van der Waals surface area contributed by atoms with Crippen LogP contribution in [0.3, 0.4) is 0 Å². The van der Waals surface area contributed by atoms with Gasteiger partial charge in [0.05, 0.1) is 0 Å². The van der Waals surface area contributed by atoms with Crippen molar-refractivity contribution in [3.05, 3.63) is 21.4 Å². The van der Waals surface area contributed by atoms with Gasteiger partial charge in [-0.3, -0.25) is 0 Å². The summed E-state index contributed by atoms with van der Waals surface area (Å²) in [5.41, 5.74) is 1.13. The molecule has 0 bridgehead atoms. The molecular weight excluding hydrogens is 246 g/mol. The molecule has 1 saturated carbocycles. The van der Waals surface area contributed by atoms with Gasteiger partial charge in [-0.05, 0) is 37.3 Å². The summed E-state index contributed by atoms with van der Waals surface area (Å²) in [4.78, 5) is 12.5. The van der Waals surface area contributed by atoms with E-state index in [0.717, 1.165) is 22.9 Å². The van der Waals surface area contributed by atoms with E-state index in [1.165, 1.54) is 37.0 Å². The Morgan fingerprint density at radius 2 is 2.33 bits per heavy atom. The lowest BCUT2D eigenvalue weighted by molar-refractivity contribution is 0.0702. The summed E-state index contributed by atoms with van der Waals surface area (Å²) in [5, 5.41) is 12.5. The Bertz CT molecular complexity index is 427. The van der Waals surface area contributed by atoms with Crippen molar-refractivity contribution in [3.63, 3.8) is 0 Å². The molecule has 2 atom stereocenters. The largest absolute Gasteiger partial charge is 0.477 e. The minimum atomic E-state index is -0.819. The Morgan fingerprint density at radius 1 is 1.56 bits per heavy atom. The molecule has 0 radical (unpaired) electrons. The van der Waals surface area contributed by atoms with Gasteiger partial charge < -0.3 is 10.4 Å². The maximum absolute atomic E-state index is 10.9. The van der Waals surface area contributed by atoms with Crippen LogP contribution in [0.1, 0.15) is 52.7 Å². The van der Waals surface area contributed by atoms with E-state index >= 15 is 0 Å². The van der Waals surface area contributed by atoms with Crippen LogP contribution in [0.4, 0.5) is 0 Å². The Labute approximate surface area is 112 Å². The molecule has 2 N–H and O–H groups in total. The Hall–Kier alpha value is -0.870. The highest BCUT2D eigenvalue weighted by Gasteiger charge is 2.19. The fraction of sp³-hybridized carbons (Fsp3) is 0.643. The molecule has 0 spiro atoms. The standard InChI is InChI=1S/C14H21NO2S/c1-9-4-3-5-12(6-9)15-8-11-7-13(14(16)17)18-10(11)2/h7,9,12,15H,3-6,8H2,1-2H3,(H,16,17). The number of carbonyl (C=O) groups is 1. The summed E-state index contributed by atoms with van der Waals surface area (Å²) in [5.74, 6) is -0.00459. The summed E-state index contributed by atoms with van der Waals surface area (Å²) in [7, 11) is 0. The van der Waals surface area contributed by atoms with Crippen LogP contribution in [0.2, 0.25) is 0 Å². The minimum absolute atomic E-state index is 0.446. The summed E-state index contributed by atoms with van der Waals surface area (Å²) >= 11 is 1.37. The van der Waals surface area contributed by atoms with E-state index in [9.17, 15) is 4.79 Å². The highest BCUT2D eigenvalue weighted by molar-refractivity contribution is 7.14. The van der Waals surface area contributed by atoms with Gasteiger partial charge in [-0.25, -0.2) is 4.79 Å². The maximum Gasteiger partial charge on any atom is 0.345 e. The molecule has 0 aromatic carbocycles. The molecule has 0 saturated heterocycles. The molecule has 18 heavy (non-hydrogen) atoms. The van der Waals surface area contributed by atoms with Crippen LogP contribution >= 0.6 is 11.3 Å². The third kappa shape index (κ3) is 3.33. The van der Waals surface area contributed by atoms with Crippen molar-refractivity contribution in [1.29, 1.82) is 0 Å². The van der Waals surface area contributed by atoms with Crippen LogP contribution in [-0.2, 0) is 6.54 Å². The number of thiophene rings is 1. The summed E-state index contributed by atoms with van der Waals surface area (Å²) in [6, 6.07) is 2.41. The molecular formula is C14H21NO2S. The van der Waals surface area contributed by atoms with Gasteiger partial charge in [0.25, 0.3) is 0 Å². The molecule has 2 unspecified atom stereocenters. The molecule has 1 aliphatic rings. The predicted octanol–water partition coefficient (Wildman–Crippen LogP) is 3.42. The third-order valence-electron chi connectivity index (χ3n) is 3.75. The van der Waals surface area contributed by atoms with Crippen molar-refractivity contribution < 1.29 is 9.90 Å². The van der Waals surface area contributed by atoms with E-state index in [-0.39, 0.29) is 0 Å². The van der Waals surface area contributed by atoms with Crippen molar-refractivity contribution >= 4 is 17.3 Å². The molecule has 1 heterocycles. The summed E-state index contributed by atoms with van der Waals surface area (Å²) in [6.07, 6.45) is 5.15. The molecule has 1 fully saturated rings. The first-order valence-corrected chi connectivity index (χ1v) is 7.44. The van der Waals surface area contributed by atoms with E-state index in [4.69, 9.17) is 5.11 Å². The van der Waals surface area contributed by atoms with Crippen molar-refractivity contribution in [2.75, 3.05) is 0 Å². The van der Waals surface area contributed by atoms with Crippen LogP contribution in [0.5, 0.6) is 0 Å². The Kier molecular flexibility index (Phi) is 4.40. The fourth-order valence-corrected chi connectivity index (χ4v) is 3.56. The SMILES string of the molecule is Cc1sc(C(=O)O)cc1CNC1CCCC(C)C1. The van der Waals surface area contributed by atoms with Gasteiger partial charge in [-0.15, -0.1) is 11.3 Å². The number of aryl methyl sites for hydroxylation is 1. The molecule has 0 aliphatic heterocycles. The number of carboxylic acid groups (broad SMARTS) is 1. The molecule has 1 aliphatic carbocycles. The van der Waals surface area contributed by atoms with E-state index in [1.54, 1.807) is 0 Å². The predicted molar refractivity (Wildman–Crippen MR) is 74.3 cm³/mol. The van der Waals surface area contributed by atoms with E-state index in [0.29, 0.717) is 10.9 Å². The number of hydrogen-bond donors (Lipinski definition) is 2. The first kappa shape index (κ1) is 13.6. The van der Waals surface area contributed by atoms with Crippen LogP contribution in [0, 0.1) is 12.8 Å². The second-order valence-electron chi connectivity index (χ2n) is 5.35. The molecule has 100 valence electrons. The average molecular weight is 267 g/mol. The zero-order valence-corrected chi connectivity index (χ0v) is 11.8. The molecule has 1 aromatic rings. The highest BCUT2D eigenvalue weighted by atomic mass is 32.1. The first-order valence-electron chi connectivity index (χ1n) is 6.62.